The van der Waals surface area contributed by atoms with Gasteiger partial charge in [-0.25, -0.2) is 4.98 Å². The molecule has 6 heteroatoms. The lowest BCUT2D eigenvalue weighted by Gasteiger charge is -2.10. The molecule has 0 fully saturated rings. The van der Waals surface area contributed by atoms with Crippen LogP contribution in [-0.4, -0.2) is 41.2 Å². The number of carbonyl (C=O) groups is 1. The molecule has 1 aromatic rings. The predicted octanol–water partition coefficient (Wildman–Crippen LogP) is 0.343. The van der Waals surface area contributed by atoms with E-state index in [1.165, 1.54) is 0 Å². The number of rotatable bonds is 7. The Kier molecular flexibility index (Phi) is 5.62. The van der Waals surface area contributed by atoms with Gasteiger partial charge in [-0.2, -0.15) is 0 Å². The Morgan fingerprint density at radius 2 is 2.24 bits per heavy atom. The molecule has 0 aliphatic rings. The average molecular weight is 239 g/mol. The predicted molar refractivity (Wildman–Crippen MR) is 65.8 cm³/mol. The Balaban J connectivity index is 2.40. The van der Waals surface area contributed by atoms with Crippen molar-refractivity contribution in [3.63, 3.8) is 0 Å². The van der Waals surface area contributed by atoms with Crippen LogP contribution < -0.4 is 10.6 Å². The molecule has 3 N–H and O–H groups in total. The maximum absolute atomic E-state index is 11.7. The van der Waals surface area contributed by atoms with Gasteiger partial charge in [0, 0.05) is 13.0 Å². The second kappa shape index (κ2) is 7.01. The van der Waals surface area contributed by atoms with Crippen molar-refractivity contribution < 1.29 is 4.79 Å². The molecule has 0 bridgehead atoms. The van der Waals surface area contributed by atoms with Crippen LogP contribution >= 0.6 is 0 Å². The number of hydrogen-bond donors (Lipinski definition) is 3. The highest BCUT2D eigenvalue weighted by Crippen LogP contribution is 1.97. The number of carbonyl (C=O) groups excluding carboxylic acids is 1. The Morgan fingerprint density at radius 1 is 1.47 bits per heavy atom. The van der Waals surface area contributed by atoms with Crippen LogP contribution in [0, 0.1) is 5.92 Å². The fourth-order valence-corrected chi connectivity index (χ4v) is 1.51. The molecule has 1 amide bonds. The number of aromatic amines is 1. The molecule has 0 radical (unpaired) electrons. The number of aryl methyl sites for hydroxylation is 1. The van der Waals surface area contributed by atoms with Gasteiger partial charge >= 0.3 is 0 Å². The van der Waals surface area contributed by atoms with E-state index in [-0.39, 0.29) is 11.7 Å². The van der Waals surface area contributed by atoms with E-state index in [2.05, 4.69) is 39.7 Å². The van der Waals surface area contributed by atoms with Crippen LogP contribution in [0.25, 0.3) is 0 Å². The minimum Gasteiger partial charge on any atom is -0.349 e. The van der Waals surface area contributed by atoms with Gasteiger partial charge in [0.15, 0.2) is 0 Å². The van der Waals surface area contributed by atoms with Crippen LogP contribution in [0.2, 0.25) is 0 Å². The van der Waals surface area contributed by atoms with E-state index in [4.69, 9.17) is 0 Å². The Labute approximate surface area is 102 Å². The van der Waals surface area contributed by atoms with Gasteiger partial charge in [-0.15, -0.1) is 5.10 Å². The highest BCUT2D eigenvalue weighted by atomic mass is 16.2. The molecule has 1 aromatic heterocycles. The normalized spacial score (nSPS) is 12.4. The van der Waals surface area contributed by atoms with Crippen LogP contribution in [0.15, 0.2) is 0 Å². The Bertz CT molecular complexity index is 349. The van der Waals surface area contributed by atoms with E-state index in [1.54, 1.807) is 0 Å². The summed E-state index contributed by atoms with van der Waals surface area (Å²) in [4.78, 5) is 15.8. The summed E-state index contributed by atoms with van der Waals surface area (Å²) < 4.78 is 0. The molecule has 1 heterocycles. The highest BCUT2D eigenvalue weighted by molar-refractivity contribution is 5.90. The summed E-state index contributed by atoms with van der Waals surface area (Å²) >= 11 is 0. The van der Waals surface area contributed by atoms with Crippen LogP contribution in [0.1, 0.15) is 36.7 Å². The van der Waals surface area contributed by atoms with Gasteiger partial charge in [0.05, 0.1) is 0 Å². The first-order chi connectivity index (χ1) is 8.17. The minimum absolute atomic E-state index is 0.216. The van der Waals surface area contributed by atoms with Crippen molar-refractivity contribution in [1.82, 2.24) is 25.8 Å². The number of nitrogens with zero attached hydrogens (tertiary/aromatic N) is 2. The molecule has 0 aliphatic heterocycles. The first-order valence-electron chi connectivity index (χ1n) is 6.01. The molecular formula is C11H21N5O. The van der Waals surface area contributed by atoms with Crippen molar-refractivity contribution in [3.8, 4) is 0 Å². The average Bonchev–Trinajstić information content (AvgIpc) is 2.75. The SMILES string of the molecule is CCCc1nc(C(=O)NCC(C)CNC)n[nH]1. The number of nitrogens with one attached hydrogen (secondary N) is 3. The minimum atomic E-state index is -0.216. The lowest BCUT2D eigenvalue weighted by atomic mass is 10.2. The first kappa shape index (κ1) is 13.6. The zero-order valence-electron chi connectivity index (χ0n) is 10.7. The highest BCUT2D eigenvalue weighted by Gasteiger charge is 2.12. The van der Waals surface area contributed by atoms with Gasteiger partial charge in [-0.05, 0) is 25.9 Å². The molecule has 1 atom stereocenters. The molecule has 17 heavy (non-hydrogen) atoms. The van der Waals surface area contributed by atoms with E-state index in [0.29, 0.717) is 12.5 Å². The van der Waals surface area contributed by atoms with Crippen molar-refractivity contribution in [2.75, 3.05) is 20.1 Å². The first-order valence-corrected chi connectivity index (χ1v) is 6.01. The number of H-pyrrole nitrogens is 1. The van der Waals surface area contributed by atoms with Gasteiger partial charge in [0.1, 0.15) is 5.82 Å². The summed E-state index contributed by atoms with van der Waals surface area (Å²) in [6.45, 7) is 5.62. The Hall–Kier alpha value is -1.43. The number of aromatic nitrogens is 3. The second-order valence-corrected chi connectivity index (χ2v) is 4.23. The van der Waals surface area contributed by atoms with Crippen LogP contribution in [0.4, 0.5) is 0 Å². The van der Waals surface area contributed by atoms with Gasteiger partial charge in [0.2, 0.25) is 5.82 Å². The molecule has 0 aromatic carbocycles. The zero-order valence-corrected chi connectivity index (χ0v) is 10.7. The smallest absolute Gasteiger partial charge is 0.290 e. The molecule has 6 nitrogen and oxygen atoms in total. The quantitative estimate of drug-likeness (QED) is 0.641. The molecule has 1 unspecified atom stereocenters. The van der Waals surface area contributed by atoms with Crippen molar-refractivity contribution in [1.29, 1.82) is 0 Å². The lowest BCUT2D eigenvalue weighted by molar-refractivity contribution is 0.0938. The molecular weight excluding hydrogens is 218 g/mol. The summed E-state index contributed by atoms with van der Waals surface area (Å²) in [5, 5.41) is 12.5. The molecule has 0 saturated heterocycles. The molecule has 96 valence electrons. The fourth-order valence-electron chi connectivity index (χ4n) is 1.51. The maximum Gasteiger partial charge on any atom is 0.290 e. The Morgan fingerprint density at radius 3 is 2.88 bits per heavy atom. The largest absolute Gasteiger partial charge is 0.349 e. The van der Waals surface area contributed by atoms with Crippen molar-refractivity contribution in [3.05, 3.63) is 11.6 Å². The lowest BCUT2D eigenvalue weighted by Crippen LogP contribution is -2.32. The molecule has 0 aliphatic carbocycles. The molecule has 1 rings (SSSR count). The third-order valence-electron chi connectivity index (χ3n) is 2.39. The third kappa shape index (κ3) is 4.52. The monoisotopic (exact) mass is 239 g/mol. The van der Waals surface area contributed by atoms with Gasteiger partial charge in [-0.3, -0.25) is 9.89 Å². The van der Waals surface area contributed by atoms with Gasteiger partial charge in [0.25, 0.3) is 5.91 Å². The van der Waals surface area contributed by atoms with Crippen molar-refractivity contribution >= 4 is 5.91 Å². The van der Waals surface area contributed by atoms with Crippen LogP contribution in [0.5, 0.6) is 0 Å². The van der Waals surface area contributed by atoms with Crippen molar-refractivity contribution in [2.24, 2.45) is 5.92 Å². The summed E-state index contributed by atoms with van der Waals surface area (Å²) in [7, 11) is 1.89. The van der Waals surface area contributed by atoms with E-state index in [9.17, 15) is 4.79 Å². The summed E-state index contributed by atoms with van der Waals surface area (Å²) in [5.41, 5.74) is 0. The van der Waals surface area contributed by atoms with Crippen LogP contribution in [0.3, 0.4) is 0 Å². The van der Waals surface area contributed by atoms with Gasteiger partial charge < -0.3 is 10.6 Å². The summed E-state index contributed by atoms with van der Waals surface area (Å²) in [6, 6.07) is 0. The van der Waals surface area contributed by atoms with E-state index >= 15 is 0 Å². The van der Waals surface area contributed by atoms with E-state index < -0.39 is 0 Å². The van der Waals surface area contributed by atoms with Gasteiger partial charge in [-0.1, -0.05) is 13.8 Å². The van der Waals surface area contributed by atoms with E-state index in [0.717, 1.165) is 25.2 Å². The second-order valence-electron chi connectivity index (χ2n) is 4.23. The number of hydrogen-bond acceptors (Lipinski definition) is 4. The van der Waals surface area contributed by atoms with Crippen LogP contribution in [-0.2, 0) is 6.42 Å². The zero-order chi connectivity index (χ0) is 12.7. The fraction of sp³-hybridized carbons (Fsp3) is 0.727. The maximum atomic E-state index is 11.7. The topological polar surface area (TPSA) is 82.7 Å². The summed E-state index contributed by atoms with van der Waals surface area (Å²) in [5.74, 6) is 1.16. The van der Waals surface area contributed by atoms with E-state index in [1.807, 2.05) is 7.05 Å². The van der Waals surface area contributed by atoms with Crippen molar-refractivity contribution in [2.45, 2.75) is 26.7 Å². The standard InChI is InChI=1S/C11H21N5O/c1-4-5-9-14-10(16-15-9)11(17)13-7-8(2)6-12-3/h8,12H,4-7H2,1-3H3,(H,13,17)(H,14,15,16). The summed E-state index contributed by atoms with van der Waals surface area (Å²) in [6.07, 6.45) is 1.80. The molecule has 0 saturated carbocycles. The number of amides is 1. The molecule has 0 spiro atoms. The third-order valence-corrected chi connectivity index (χ3v) is 2.39.